The molecule has 1 aromatic carbocycles. The van der Waals surface area contributed by atoms with Crippen LogP contribution in [0.2, 0.25) is 0 Å². The Bertz CT molecular complexity index is 322. The molecular formula is C15H25NO2. The lowest BCUT2D eigenvalue weighted by Crippen LogP contribution is -2.30. The van der Waals surface area contributed by atoms with E-state index in [0.29, 0.717) is 25.5 Å². The SMILES string of the molecule is COCCNCC(O)Cc1ccc(C(C)C)cc1. The Labute approximate surface area is 110 Å². The second-order valence-electron chi connectivity index (χ2n) is 4.95. The first-order valence-corrected chi connectivity index (χ1v) is 6.60. The number of aliphatic hydroxyl groups excluding tert-OH is 1. The lowest BCUT2D eigenvalue weighted by atomic mass is 10.00. The van der Waals surface area contributed by atoms with Gasteiger partial charge in [-0.25, -0.2) is 0 Å². The molecule has 0 heterocycles. The van der Waals surface area contributed by atoms with Crippen LogP contribution in [-0.2, 0) is 11.2 Å². The van der Waals surface area contributed by atoms with Crippen molar-refractivity contribution in [3.8, 4) is 0 Å². The van der Waals surface area contributed by atoms with Gasteiger partial charge in [0.2, 0.25) is 0 Å². The van der Waals surface area contributed by atoms with Crippen molar-refractivity contribution in [1.29, 1.82) is 0 Å². The van der Waals surface area contributed by atoms with Crippen LogP contribution in [0, 0.1) is 0 Å². The highest BCUT2D eigenvalue weighted by Crippen LogP contribution is 2.15. The number of hydrogen-bond acceptors (Lipinski definition) is 3. The number of nitrogens with one attached hydrogen (secondary N) is 1. The van der Waals surface area contributed by atoms with Crippen LogP contribution in [0.25, 0.3) is 0 Å². The Morgan fingerprint density at radius 3 is 2.44 bits per heavy atom. The van der Waals surface area contributed by atoms with Gasteiger partial charge in [0.1, 0.15) is 0 Å². The van der Waals surface area contributed by atoms with E-state index in [1.807, 2.05) is 0 Å². The van der Waals surface area contributed by atoms with E-state index in [9.17, 15) is 5.11 Å². The lowest BCUT2D eigenvalue weighted by Gasteiger charge is -2.12. The number of hydrogen-bond donors (Lipinski definition) is 2. The molecule has 102 valence electrons. The molecule has 0 amide bonds. The summed E-state index contributed by atoms with van der Waals surface area (Å²) in [6, 6.07) is 8.50. The van der Waals surface area contributed by atoms with Crippen LogP contribution >= 0.6 is 0 Å². The second-order valence-corrected chi connectivity index (χ2v) is 4.95. The average Bonchev–Trinajstić information content (AvgIpc) is 2.35. The third-order valence-corrected chi connectivity index (χ3v) is 2.98. The van der Waals surface area contributed by atoms with Gasteiger partial charge < -0.3 is 15.2 Å². The summed E-state index contributed by atoms with van der Waals surface area (Å²) in [4.78, 5) is 0. The Balaban J connectivity index is 2.32. The van der Waals surface area contributed by atoms with Crippen LogP contribution < -0.4 is 5.32 Å². The predicted molar refractivity (Wildman–Crippen MR) is 75.0 cm³/mol. The standard InChI is InChI=1S/C15H25NO2/c1-12(2)14-6-4-13(5-7-14)10-15(17)11-16-8-9-18-3/h4-7,12,15-17H,8-11H2,1-3H3. The van der Waals surface area contributed by atoms with E-state index >= 15 is 0 Å². The summed E-state index contributed by atoms with van der Waals surface area (Å²) in [6.45, 7) is 6.43. The van der Waals surface area contributed by atoms with Crippen LogP contribution in [0.15, 0.2) is 24.3 Å². The van der Waals surface area contributed by atoms with E-state index in [-0.39, 0.29) is 6.10 Å². The molecule has 3 heteroatoms. The van der Waals surface area contributed by atoms with Crippen LogP contribution in [-0.4, -0.2) is 38.0 Å². The highest BCUT2D eigenvalue weighted by Gasteiger charge is 2.05. The topological polar surface area (TPSA) is 41.5 Å². The summed E-state index contributed by atoms with van der Waals surface area (Å²) in [5.74, 6) is 0.555. The van der Waals surface area contributed by atoms with Gasteiger partial charge in [-0.3, -0.25) is 0 Å². The van der Waals surface area contributed by atoms with Crippen molar-refractivity contribution in [2.24, 2.45) is 0 Å². The number of aliphatic hydroxyl groups is 1. The highest BCUT2D eigenvalue weighted by molar-refractivity contribution is 5.25. The van der Waals surface area contributed by atoms with Crippen molar-refractivity contribution < 1.29 is 9.84 Å². The fourth-order valence-corrected chi connectivity index (χ4v) is 1.83. The molecular weight excluding hydrogens is 226 g/mol. The summed E-state index contributed by atoms with van der Waals surface area (Å²) in [5.41, 5.74) is 2.52. The van der Waals surface area contributed by atoms with Crippen molar-refractivity contribution in [3.63, 3.8) is 0 Å². The van der Waals surface area contributed by atoms with E-state index in [2.05, 4.69) is 43.4 Å². The van der Waals surface area contributed by atoms with Gasteiger partial charge in [0.15, 0.2) is 0 Å². The molecule has 0 aromatic heterocycles. The van der Waals surface area contributed by atoms with Gasteiger partial charge in [0.05, 0.1) is 12.7 Å². The zero-order chi connectivity index (χ0) is 13.4. The minimum Gasteiger partial charge on any atom is -0.391 e. The van der Waals surface area contributed by atoms with Crippen molar-refractivity contribution >= 4 is 0 Å². The summed E-state index contributed by atoms with van der Waals surface area (Å²) < 4.78 is 4.93. The van der Waals surface area contributed by atoms with Gasteiger partial charge in [-0.15, -0.1) is 0 Å². The highest BCUT2D eigenvalue weighted by atomic mass is 16.5. The molecule has 0 fully saturated rings. The zero-order valence-electron chi connectivity index (χ0n) is 11.6. The first-order valence-electron chi connectivity index (χ1n) is 6.60. The second kappa shape index (κ2) is 8.25. The molecule has 0 aliphatic carbocycles. The van der Waals surface area contributed by atoms with Crippen LogP contribution in [0.4, 0.5) is 0 Å². The van der Waals surface area contributed by atoms with E-state index in [1.54, 1.807) is 7.11 Å². The Hall–Kier alpha value is -0.900. The molecule has 1 unspecified atom stereocenters. The number of methoxy groups -OCH3 is 1. The summed E-state index contributed by atoms with van der Waals surface area (Å²) in [7, 11) is 1.67. The average molecular weight is 251 g/mol. The molecule has 0 spiro atoms. The molecule has 2 N–H and O–H groups in total. The Morgan fingerprint density at radius 2 is 1.89 bits per heavy atom. The molecule has 0 aliphatic heterocycles. The summed E-state index contributed by atoms with van der Waals surface area (Å²) in [5, 5.41) is 13.0. The lowest BCUT2D eigenvalue weighted by molar-refractivity contribution is 0.160. The summed E-state index contributed by atoms with van der Waals surface area (Å²) in [6.07, 6.45) is 0.352. The maximum atomic E-state index is 9.88. The molecule has 0 aliphatic rings. The minimum absolute atomic E-state index is 0.341. The first-order chi connectivity index (χ1) is 8.63. The Morgan fingerprint density at radius 1 is 1.22 bits per heavy atom. The van der Waals surface area contributed by atoms with Gasteiger partial charge >= 0.3 is 0 Å². The third kappa shape index (κ3) is 5.63. The van der Waals surface area contributed by atoms with Gasteiger partial charge in [-0.1, -0.05) is 38.1 Å². The number of ether oxygens (including phenoxy) is 1. The normalized spacial score (nSPS) is 12.9. The smallest absolute Gasteiger partial charge is 0.0704 e. The molecule has 0 saturated heterocycles. The van der Waals surface area contributed by atoms with Gasteiger partial charge in [-0.05, 0) is 23.5 Å². The number of benzene rings is 1. The Kier molecular flexibility index (Phi) is 6.94. The van der Waals surface area contributed by atoms with Crippen LogP contribution in [0.1, 0.15) is 30.9 Å². The molecule has 0 saturated carbocycles. The fourth-order valence-electron chi connectivity index (χ4n) is 1.83. The van der Waals surface area contributed by atoms with Gasteiger partial charge in [0.25, 0.3) is 0 Å². The van der Waals surface area contributed by atoms with E-state index in [4.69, 9.17) is 4.74 Å². The fraction of sp³-hybridized carbons (Fsp3) is 0.600. The van der Waals surface area contributed by atoms with E-state index < -0.39 is 0 Å². The quantitative estimate of drug-likeness (QED) is 0.694. The maximum Gasteiger partial charge on any atom is 0.0704 e. The largest absolute Gasteiger partial charge is 0.391 e. The molecule has 1 rings (SSSR count). The van der Waals surface area contributed by atoms with Crippen molar-refractivity contribution in [2.75, 3.05) is 26.8 Å². The molecule has 0 radical (unpaired) electrons. The van der Waals surface area contributed by atoms with E-state index in [0.717, 1.165) is 6.54 Å². The first kappa shape index (κ1) is 15.2. The van der Waals surface area contributed by atoms with Crippen molar-refractivity contribution in [1.82, 2.24) is 5.32 Å². The molecule has 1 aromatic rings. The minimum atomic E-state index is -0.341. The summed E-state index contributed by atoms with van der Waals surface area (Å²) >= 11 is 0. The maximum absolute atomic E-state index is 9.88. The van der Waals surface area contributed by atoms with Crippen molar-refractivity contribution in [2.45, 2.75) is 32.3 Å². The van der Waals surface area contributed by atoms with Crippen molar-refractivity contribution in [3.05, 3.63) is 35.4 Å². The molecule has 3 nitrogen and oxygen atoms in total. The third-order valence-electron chi connectivity index (χ3n) is 2.98. The number of rotatable bonds is 8. The van der Waals surface area contributed by atoms with E-state index in [1.165, 1.54) is 11.1 Å². The van der Waals surface area contributed by atoms with Crippen LogP contribution in [0.5, 0.6) is 0 Å². The molecule has 18 heavy (non-hydrogen) atoms. The van der Waals surface area contributed by atoms with Gasteiger partial charge in [-0.2, -0.15) is 0 Å². The predicted octanol–water partition coefficient (Wildman–Crippen LogP) is 1.95. The zero-order valence-corrected chi connectivity index (χ0v) is 11.6. The molecule has 0 bridgehead atoms. The monoisotopic (exact) mass is 251 g/mol. The van der Waals surface area contributed by atoms with Gasteiger partial charge in [0, 0.05) is 20.2 Å². The van der Waals surface area contributed by atoms with Crippen LogP contribution in [0.3, 0.4) is 0 Å². The molecule has 1 atom stereocenters.